The molecule has 1 aromatic rings. The van der Waals surface area contributed by atoms with Crippen molar-refractivity contribution in [1.29, 1.82) is 0 Å². The fraction of sp³-hybridized carbons (Fsp3) is 0.588. The van der Waals surface area contributed by atoms with Gasteiger partial charge in [0.1, 0.15) is 19.3 Å². The van der Waals surface area contributed by atoms with Crippen molar-refractivity contribution < 1.29 is 27.4 Å². The van der Waals surface area contributed by atoms with Gasteiger partial charge < -0.3 is 20.1 Å². The van der Waals surface area contributed by atoms with E-state index in [1.807, 2.05) is 0 Å². The molecule has 0 aromatic heterocycles. The summed E-state index contributed by atoms with van der Waals surface area (Å²) in [5, 5.41) is 5.45. The monoisotopic (exact) mass is 373 g/mol. The first-order valence-electron chi connectivity index (χ1n) is 8.60. The maximum atomic E-state index is 13.3. The van der Waals surface area contributed by atoms with Gasteiger partial charge in [0, 0.05) is 32.7 Å². The Morgan fingerprint density at radius 3 is 2.58 bits per heavy atom. The van der Waals surface area contributed by atoms with Gasteiger partial charge in [-0.25, -0.2) is 0 Å². The van der Waals surface area contributed by atoms with Gasteiger partial charge >= 0.3 is 6.18 Å². The minimum Gasteiger partial charge on any atom is -0.486 e. The molecule has 0 radical (unpaired) electrons. The zero-order chi connectivity index (χ0) is 18.6. The number of carbonyl (C=O) groups excluding carboxylic acids is 1. The van der Waals surface area contributed by atoms with Crippen molar-refractivity contribution >= 4 is 5.91 Å². The van der Waals surface area contributed by atoms with Crippen LogP contribution in [0.25, 0.3) is 0 Å². The van der Waals surface area contributed by atoms with E-state index in [4.69, 9.17) is 9.47 Å². The van der Waals surface area contributed by atoms with Crippen molar-refractivity contribution in [2.75, 3.05) is 45.9 Å². The van der Waals surface area contributed by atoms with Gasteiger partial charge in [0.15, 0.2) is 11.5 Å². The Bertz CT molecular complexity index is 633. The number of nitrogens with zero attached hydrogens (tertiary/aromatic N) is 1. The highest BCUT2D eigenvalue weighted by atomic mass is 19.4. The van der Waals surface area contributed by atoms with Crippen molar-refractivity contribution in [2.24, 2.45) is 0 Å². The molecule has 1 amide bonds. The number of hydrogen-bond acceptors (Lipinski definition) is 5. The molecule has 0 saturated carbocycles. The lowest BCUT2D eigenvalue weighted by atomic mass is 10.1. The van der Waals surface area contributed by atoms with Gasteiger partial charge in [-0.05, 0) is 17.7 Å². The van der Waals surface area contributed by atoms with E-state index in [2.05, 4.69) is 10.6 Å². The number of fused-ring (bicyclic) bond motifs is 1. The van der Waals surface area contributed by atoms with Gasteiger partial charge in [0.05, 0.1) is 6.42 Å². The van der Waals surface area contributed by atoms with E-state index in [0.29, 0.717) is 56.5 Å². The Balaban J connectivity index is 1.56. The molecule has 1 fully saturated rings. The second-order valence-corrected chi connectivity index (χ2v) is 6.30. The fourth-order valence-corrected chi connectivity index (χ4v) is 3.10. The van der Waals surface area contributed by atoms with Gasteiger partial charge in [-0.15, -0.1) is 0 Å². The van der Waals surface area contributed by atoms with E-state index < -0.39 is 24.7 Å². The lowest BCUT2D eigenvalue weighted by Crippen LogP contribution is -2.57. The van der Waals surface area contributed by atoms with E-state index >= 15 is 0 Å². The second-order valence-electron chi connectivity index (χ2n) is 6.30. The van der Waals surface area contributed by atoms with Gasteiger partial charge in [-0.1, -0.05) is 6.07 Å². The minimum absolute atomic E-state index is 0.0111. The lowest BCUT2D eigenvalue weighted by Gasteiger charge is -2.35. The largest absolute Gasteiger partial charge is 0.486 e. The summed E-state index contributed by atoms with van der Waals surface area (Å²) in [5.41, 5.74) is 0.664. The maximum Gasteiger partial charge on any atom is 0.405 e. The van der Waals surface area contributed by atoms with Crippen LogP contribution in [-0.2, 0) is 11.2 Å². The first-order valence-corrected chi connectivity index (χ1v) is 8.60. The molecule has 26 heavy (non-hydrogen) atoms. The highest BCUT2D eigenvalue weighted by Gasteiger charge is 2.43. The number of nitrogens with one attached hydrogen (secondary N) is 2. The minimum atomic E-state index is -4.39. The first kappa shape index (κ1) is 18.8. The average molecular weight is 373 g/mol. The molecule has 2 aliphatic heterocycles. The second kappa shape index (κ2) is 8.13. The molecule has 0 spiro atoms. The predicted octanol–water partition coefficient (Wildman–Crippen LogP) is 0.953. The van der Waals surface area contributed by atoms with E-state index in [0.717, 1.165) is 0 Å². The SMILES string of the molecule is O=C(Cc1ccc2c(c1)OCCO2)NCC(N1CCNCC1)C(F)(F)F. The molecule has 2 aliphatic rings. The number of carbonyl (C=O) groups is 1. The quantitative estimate of drug-likeness (QED) is 0.805. The third-order valence-electron chi connectivity index (χ3n) is 4.43. The Morgan fingerprint density at radius 2 is 1.88 bits per heavy atom. The van der Waals surface area contributed by atoms with E-state index in [9.17, 15) is 18.0 Å². The standard InChI is InChI=1S/C17H22F3N3O3/c18-17(19,20)15(23-5-3-21-4-6-23)11-22-16(24)10-12-1-2-13-14(9-12)26-8-7-25-13/h1-2,9,15,21H,3-8,10-11H2,(H,22,24). The van der Waals surface area contributed by atoms with Crippen molar-refractivity contribution in [2.45, 2.75) is 18.6 Å². The zero-order valence-electron chi connectivity index (χ0n) is 14.3. The van der Waals surface area contributed by atoms with Crippen LogP contribution in [0.1, 0.15) is 5.56 Å². The summed E-state index contributed by atoms with van der Waals surface area (Å²) < 4.78 is 50.8. The third-order valence-corrected chi connectivity index (χ3v) is 4.43. The van der Waals surface area contributed by atoms with Crippen LogP contribution < -0.4 is 20.1 Å². The van der Waals surface area contributed by atoms with Crippen LogP contribution in [0, 0.1) is 0 Å². The van der Waals surface area contributed by atoms with Crippen LogP contribution in [0.2, 0.25) is 0 Å². The predicted molar refractivity (Wildman–Crippen MR) is 88.4 cm³/mol. The number of ether oxygens (including phenoxy) is 2. The van der Waals surface area contributed by atoms with Gasteiger partial charge in [0.2, 0.25) is 5.91 Å². The zero-order valence-corrected chi connectivity index (χ0v) is 14.3. The molecule has 6 nitrogen and oxygen atoms in total. The van der Waals surface area contributed by atoms with Crippen LogP contribution in [0.5, 0.6) is 11.5 Å². The molecule has 2 heterocycles. The average Bonchev–Trinajstić information content (AvgIpc) is 2.61. The van der Waals surface area contributed by atoms with Crippen LogP contribution in [0.15, 0.2) is 18.2 Å². The summed E-state index contributed by atoms with van der Waals surface area (Å²) >= 11 is 0. The normalized spacial score (nSPS) is 19.0. The van der Waals surface area contributed by atoms with Crippen LogP contribution >= 0.6 is 0 Å². The van der Waals surface area contributed by atoms with Crippen molar-refractivity contribution in [3.05, 3.63) is 23.8 Å². The fourth-order valence-electron chi connectivity index (χ4n) is 3.10. The summed E-state index contributed by atoms with van der Waals surface area (Å²) in [6.07, 6.45) is -4.40. The molecule has 9 heteroatoms. The Morgan fingerprint density at radius 1 is 1.19 bits per heavy atom. The molecule has 0 bridgehead atoms. The highest BCUT2D eigenvalue weighted by Crippen LogP contribution is 2.31. The lowest BCUT2D eigenvalue weighted by molar-refractivity contribution is -0.184. The van der Waals surface area contributed by atoms with E-state index in [1.54, 1.807) is 18.2 Å². The van der Waals surface area contributed by atoms with Gasteiger partial charge in [-0.3, -0.25) is 9.69 Å². The van der Waals surface area contributed by atoms with E-state index in [1.165, 1.54) is 4.90 Å². The molecule has 144 valence electrons. The maximum absolute atomic E-state index is 13.3. The number of halogens is 3. The molecule has 1 atom stereocenters. The molecule has 1 unspecified atom stereocenters. The highest BCUT2D eigenvalue weighted by molar-refractivity contribution is 5.78. The van der Waals surface area contributed by atoms with Crippen molar-refractivity contribution in [3.8, 4) is 11.5 Å². The number of hydrogen-bond donors (Lipinski definition) is 2. The van der Waals surface area contributed by atoms with Gasteiger partial charge in [0.25, 0.3) is 0 Å². The van der Waals surface area contributed by atoms with Crippen LogP contribution in [-0.4, -0.2) is 69.0 Å². The first-order chi connectivity index (χ1) is 12.4. The number of rotatable bonds is 5. The summed E-state index contributed by atoms with van der Waals surface area (Å²) in [7, 11) is 0. The Hall–Kier alpha value is -2.00. The summed E-state index contributed by atoms with van der Waals surface area (Å²) in [5.74, 6) is 0.706. The topological polar surface area (TPSA) is 62.8 Å². The Kier molecular flexibility index (Phi) is 5.87. The Labute approximate surface area is 149 Å². The van der Waals surface area contributed by atoms with Gasteiger partial charge in [-0.2, -0.15) is 13.2 Å². The molecule has 0 aliphatic carbocycles. The molecular formula is C17H22F3N3O3. The smallest absolute Gasteiger partial charge is 0.405 e. The molecular weight excluding hydrogens is 351 g/mol. The molecule has 1 saturated heterocycles. The number of piperazine rings is 1. The van der Waals surface area contributed by atoms with Crippen molar-refractivity contribution in [3.63, 3.8) is 0 Å². The third kappa shape index (κ3) is 4.79. The number of amides is 1. The molecule has 2 N–H and O–H groups in total. The number of benzene rings is 1. The molecule has 1 aromatic carbocycles. The molecule has 3 rings (SSSR count). The van der Waals surface area contributed by atoms with Crippen LogP contribution in [0.3, 0.4) is 0 Å². The van der Waals surface area contributed by atoms with E-state index in [-0.39, 0.29) is 6.42 Å². The van der Waals surface area contributed by atoms with Crippen molar-refractivity contribution in [1.82, 2.24) is 15.5 Å². The summed E-state index contributed by atoms with van der Waals surface area (Å²) in [6.45, 7) is 2.09. The number of alkyl halides is 3. The van der Waals surface area contributed by atoms with Crippen LogP contribution in [0.4, 0.5) is 13.2 Å². The summed E-state index contributed by atoms with van der Waals surface area (Å²) in [6, 6.07) is 3.43. The summed E-state index contributed by atoms with van der Waals surface area (Å²) in [4.78, 5) is 13.5.